The number of fused-ring (bicyclic) bond motifs is 2. The van der Waals surface area contributed by atoms with E-state index in [1.54, 1.807) is 36.4 Å². The summed E-state index contributed by atoms with van der Waals surface area (Å²) in [5, 5.41) is 14.3. The van der Waals surface area contributed by atoms with E-state index in [2.05, 4.69) is 4.74 Å². The highest BCUT2D eigenvalue weighted by Crippen LogP contribution is 2.47. The number of halogens is 2. The van der Waals surface area contributed by atoms with Crippen LogP contribution in [0.1, 0.15) is 22.8 Å². The van der Waals surface area contributed by atoms with Crippen LogP contribution in [0.15, 0.2) is 60.7 Å². The third-order valence-corrected chi connectivity index (χ3v) is 5.95. The van der Waals surface area contributed by atoms with E-state index >= 15 is 0 Å². The van der Waals surface area contributed by atoms with Gasteiger partial charge < -0.3 is 33.5 Å². The summed E-state index contributed by atoms with van der Waals surface area (Å²) in [6.07, 6.45) is -4.64. The maximum Gasteiger partial charge on any atom is 0.586 e. The van der Waals surface area contributed by atoms with Gasteiger partial charge in [0.25, 0.3) is 0 Å². The van der Waals surface area contributed by atoms with Crippen molar-refractivity contribution in [3.63, 3.8) is 0 Å². The molecule has 0 amide bonds. The monoisotopic (exact) mass is 471 g/mol. The Morgan fingerprint density at radius 2 is 1.74 bits per heavy atom. The lowest BCUT2D eigenvalue weighted by Gasteiger charge is -2.43. The van der Waals surface area contributed by atoms with Gasteiger partial charge >= 0.3 is 6.29 Å². The summed E-state index contributed by atoms with van der Waals surface area (Å²) in [7, 11) is 3.05. The summed E-state index contributed by atoms with van der Waals surface area (Å²) in [4.78, 5) is 0. The van der Waals surface area contributed by atoms with Crippen LogP contribution in [0.3, 0.4) is 0 Å². The van der Waals surface area contributed by atoms with Crippen molar-refractivity contribution in [2.45, 2.75) is 25.5 Å². The molecule has 2 unspecified atom stereocenters. The fourth-order valence-corrected chi connectivity index (χ4v) is 4.53. The molecule has 0 bridgehead atoms. The molecule has 3 aromatic carbocycles. The van der Waals surface area contributed by atoms with Gasteiger partial charge in [-0.15, -0.1) is 8.78 Å². The second-order valence-electron chi connectivity index (χ2n) is 8.27. The summed E-state index contributed by atoms with van der Waals surface area (Å²) in [5.74, 6) is 1.29. The van der Waals surface area contributed by atoms with Crippen LogP contribution in [0.5, 0.6) is 28.7 Å². The molecule has 0 spiro atoms. The highest BCUT2D eigenvalue weighted by Gasteiger charge is 2.46. The van der Waals surface area contributed by atoms with Crippen LogP contribution in [0.2, 0.25) is 0 Å². The van der Waals surface area contributed by atoms with Gasteiger partial charge in [0.1, 0.15) is 25.4 Å². The third-order valence-electron chi connectivity index (χ3n) is 5.95. The molecule has 0 N–H and O–H groups in total. The number of hydrogen-bond donors (Lipinski definition) is 0. The Morgan fingerprint density at radius 1 is 0.971 bits per heavy atom. The topological polar surface area (TPSA) is 69.2 Å². The van der Waals surface area contributed by atoms with E-state index in [1.807, 2.05) is 18.2 Å². The van der Waals surface area contributed by atoms with Gasteiger partial charge in [-0.1, -0.05) is 30.3 Å². The average Bonchev–Trinajstić information content (AvgIpc) is 3.04. The zero-order chi connectivity index (χ0) is 23.9. The number of nitrogens with zero attached hydrogens (tertiary/aromatic N) is 1. The Kier molecular flexibility index (Phi) is 5.45. The first kappa shape index (κ1) is 22.2. The third kappa shape index (κ3) is 4.08. The fraction of sp³-hybridized carbons (Fsp3) is 0.280. The quantitative estimate of drug-likeness (QED) is 0.378. The molecule has 9 heteroatoms. The van der Waals surface area contributed by atoms with Gasteiger partial charge in [0.15, 0.2) is 29.1 Å². The zero-order valence-electron chi connectivity index (χ0n) is 18.6. The molecule has 7 nitrogen and oxygen atoms in total. The van der Waals surface area contributed by atoms with Gasteiger partial charge in [-0.3, -0.25) is 0 Å². The van der Waals surface area contributed by atoms with Crippen molar-refractivity contribution in [3.05, 3.63) is 82.6 Å². The smallest absolute Gasteiger partial charge is 0.586 e. The van der Waals surface area contributed by atoms with E-state index in [0.29, 0.717) is 28.4 Å². The van der Waals surface area contributed by atoms with E-state index in [0.717, 1.165) is 5.56 Å². The lowest BCUT2D eigenvalue weighted by molar-refractivity contribution is -0.909. The van der Waals surface area contributed by atoms with Crippen molar-refractivity contribution in [2.75, 3.05) is 20.8 Å². The van der Waals surface area contributed by atoms with Gasteiger partial charge in [0.2, 0.25) is 0 Å². The summed E-state index contributed by atoms with van der Waals surface area (Å²) in [5.41, 5.74) is 1.71. The molecule has 0 fully saturated rings. The minimum atomic E-state index is -3.78. The van der Waals surface area contributed by atoms with Crippen LogP contribution in [0, 0.1) is 5.21 Å². The van der Waals surface area contributed by atoms with Crippen LogP contribution in [-0.2, 0) is 13.1 Å². The first-order chi connectivity index (χ1) is 16.3. The molecule has 2 aliphatic heterocycles. The van der Waals surface area contributed by atoms with Crippen LogP contribution in [0.4, 0.5) is 8.78 Å². The molecule has 34 heavy (non-hydrogen) atoms. The second-order valence-corrected chi connectivity index (χ2v) is 8.27. The van der Waals surface area contributed by atoms with Gasteiger partial charge in [0, 0.05) is 11.1 Å². The van der Waals surface area contributed by atoms with Crippen LogP contribution in [-0.4, -0.2) is 31.7 Å². The molecule has 5 rings (SSSR count). The van der Waals surface area contributed by atoms with E-state index in [4.69, 9.17) is 18.9 Å². The lowest BCUT2D eigenvalue weighted by atomic mass is 10.1. The van der Waals surface area contributed by atoms with E-state index in [9.17, 15) is 14.0 Å². The maximum absolute atomic E-state index is 14.3. The molecular weight excluding hydrogens is 448 g/mol. The summed E-state index contributed by atoms with van der Waals surface area (Å²) < 4.78 is 53.4. The number of hydrogen-bond acceptors (Lipinski definition) is 6. The number of ether oxygens (including phenoxy) is 5. The molecule has 2 aliphatic rings. The number of hydroxylamine groups is 3. The number of alkyl halides is 2. The SMILES string of the molecule is COc1cccc(C[N+]2([O-])Cc3ccccc3OC(c3cccc4c3OC(F)(F)O4)C2)c1OC. The first-order valence-electron chi connectivity index (χ1n) is 10.7. The minimum absolute atomic E-state index is 0.0527. The highest BCUT2D eigenvalue weighted by atomic mass is 19.3. The van der Waals surface area contributed by atoms with E-state index < -0.39 is 17.0 Å². The molecule has 178 valence electrons. The van der Waals surface area contributed by atoms with Gasteiger partial charge in [-0.25, -0.2) is 0 Å². The van der Waals surface area contributed by atoms with Crippen molar-refractivity contribution < 1.29 is 37.1 Å². The van der Waals surface area contributed by atoms with Gasteiger partial charge in [0.05, 0.1) is 19.8 Å². The lowest BCUT2D eigenvalue weighted by Crippen LogP contribution is -2.43. The van der Waals surface area contributed by atoms with Crippen molar-refractivity contribution in [3.8, 4) is 28.7 Å². The number of rotatable bonds is 5. The molecule has 3 aromatic rings. The number of benzene rings is 3. The standard InChI is InChI=1S/C25H23F2NO6/c1-30-20-11-5-8-17(23(20)31-2)14-28(29)13-16-7-3-4-10-19(16)32-22(15-28)18-9-6-12-21-24(18)34-25(26,27)33-21/h3-12,22H,13-15H2,1-2H3. The summed E-state index contributed by atoms with van der Waals surface area (Å²) in [6.45, 7) is 0.118. The van der Waals surface area contributed by atoms with Crippen molar-refractivity contribution in [2.24, 2.45) is 0 Å². The van der Waals surface area contributed by atoms with Gasteiger partial charge in [-0.05, 0) is 30.3 Å². The first-order valence-corrected chi connectivity index (χ1v) is 10.7. The van der Waals surface area contributed by atoms with Crippen molar-refractivity contribution in [1.82, 2.24) is 0 Å². The molecule has 2 atom stereocenters. The van der Waals surface area contributed by atoms with Crippen molar-refractivity contribution in [1.29, 1.82) is 0 Å². The predicted molar refractivity (Wildman–Crippen MR) is 118 cm³/mol. The number of para-hydroxylation sites is 3. The average molecular weight is 471 g/mol. The zero-order valence-corrected chi connectivity index (χ0v) is 18.6. The van der Waals surface area contributed by atoms with E-state index in [1.165, 1.54) is 20.3 Å². The van der Waals surface area contributed by atoms with E-state index in [-0.39, 0.29) is 31.1 Å². The molecular formula is C25H23F2NO6. The Bertz CT molecular complexity index is 1220. The molecule has 0 saturated carbocycles. The van der Waals surface area contributed by atoms with Crippen LogP contribution < -0.4 is 23.7 Å². The normalized spacial score (nSPS) is 22.3. The van der Waals surface area contributed by atoms with Gasteiger partial charge in [-0.2, -0.15) is 0 Å². The number of methoxy groups -OCH3 is 2. The molecule has 0 saturated heterocycles. The fourth-order valence-electron chi connectivity index (χ4n) is 4.53. The van der Waals surface area contributed by atoms with Crippen LogP contribution >= 0.6 is 0 Å². The summed E-state index contributed by atoms with van der Waals surface area (Å²) >= 11 is 0. The Balaban J connectivity index is 1.56. The summed E-state index contributed by atoms with van der Waals surface area (Å²) in [6, 6.07) is 17.2. The maximum atomic E-state index is 14.3. The predicted octanol–water partition coefficient (Wildman–Crippen LogP) is 5.17. The minimum Gasteiger partial charge on any atom is -0.632 e. The largest absolute Gasteiger partial charge is 0.632 e. The highest BCUT2D eigenvalue weighted by molar-refractivity contribution is 5.51. The van der Waals surface area contributed by atoms with Crippen molar-refractivity contribution >= 4 is 0 Å². The molecule has 0 radical (unpaired) electrons. The Morgan fingerprint density at radius 3 is 2.53 bits per heavy atom. The molecule has 2 heterocycles. The molecule has 0 aliphatic carbocycles. The second kappa shape index (κ2) is 8.34. The molecule has 0 aromatic heterocycles. The van der Waals surface area contributed by atoms with Crippen LogP contribution in [0.25, 0.3) is 0 Å². The Hall–Kier alpha value is -3.56. The Labute approximate surface area is 195 Å². The number of quaternary nitrogens is 1.